The van der Waals surface area contributed by atoms with Crippen LogP contribution in [-0.4, -0.2) is 19.6 Å². The van der Waals surface area contributed by atoms with Crippen LogP contribution in [0.15, 0.2) is 60.7 Å². The summed E-state index contributed by atoms with van der Waals surface area (Å²) in [5, 5.41) is 14.2. The number of methoxy groups -OCH3 is 1. The first-order chi connectivity index (χ1) is 13.1. The van der Waals surface area contributed by atoms with Crippen LogP contribution in [0.4, 0.5) is 0 Å². The van der Waals surface area contributed by atoms with E-state index in [1.54, 1.807) is 18.2 Å². The molecule has 0 fully saturated rings. The fourth-order valence-corrected chi connectivity index (χ4v) is 2.84. The maximum absolute atomic E-state index is 12.3. The number of amides is 1. The van der Waals surface area contributed by atoms with Gasteiger partial charge in [0.1, 0.15) is 0 Å². The van der Waals surface area contributed by atoms with E-state index < -0.39 is 0 Å². The Hall–Kier alpha value is -3.52. The molecule has 0 bridgehead atoms. The van der Waals surface area contributed by atoms with Crippen molar-refractivity contribution in [3.05, 3.63) is 71.8 Å². The van der Waals surface area contributed by atoms with Gasteiger partial charge in [-0.2, -0.15) is 5.26 Å². The van der Waals surface area contributed by atoms with E-state index in [0.717, 1.165) is 16.3 Å². The molecule has 27 heavy (non-hydrogen) atoms. The molecule has 5 heteroatoms. The first kappa shape index (κ1) is 18.3. The minimum absolute atomic E-state index is 0.139. The molecule has 0 aromatic heterocycles. The molecule has 5 nitrogen and oxygen atoms in total. The normalized spacial score (nSPS) is 11.4. The van der Waals surface area contributed by atoms with Crippen LogP contribution in [-0.2, 0) is 4.79 Å². The Morgan fingerprint density at radius 2 is 1.85 bits per heavy atom. The van der Waals surface area contributed by atoms with Gasteiger partial charge in [-0.1, -0.05) is 36.4 Å². The van der Waals surface area contributed by atoms with Crippen LogP contribution in [0, 0.1) is 11.3 Å². The largest absolute Gasteiger partial charge is 0.493 e. The Morgan fingerprint density at radius 1 is 1.07 bits per heavy atom. The number of carbonyl (C=O) groups excluding carboxylic acids is 1. The second kappa shape index (κ2) is 8.24. The van der Waals surface area contributed by atoms with E-state index in [1.807, 2.05) is 43.3 Å². The van der Waals surface area contributed by atoms with Crippen LogP contribution in [0.25, 0.3) is 10.8 Å². The zero-order valence-corrected chi connectivity index (χ0v) is 15.2. The number of nitriles is 1. The van der Waals surface area contributed by atoms with E-state index in [9.17, 15) is 4.79 Å². The van der Waals surface area contributed by atoms with E-state index in [0.29, 0.717) is 17.1 Å². The lowest BCUT2D eigenvalue weighted by Gasteiger charge is -2.16. The second-order valence-corrected chi connectivity index (χ2v) is 6.16. The number of ether oxygens (including phenoxy) is 2. The van der Waals surface area contributed by atoms with Crippen LogP contribution in [0.1, 0.15) is 24.1 Å². The van der Waals surface area contributed by atoms with Gasteiger partial charge in [0, 0.05) is 6.07 Å². The van der Waals surface area contributed by atoms with Crippen molar-refractivity contribution < 1.29 is 14.3 Å². The molecule has 0 heterocycles. The molecule has 0 spiro atoms. The van der Waals surface area contributed by atoms with Gasteiger partial charge in [0.05, 0.1) is 24.8 Å². The molecule has 3 aromatic rings. The van der Waals surface area contributed by atoms with Gasteiger partial charge < -0.3 is 14.8 Å². The fourth-order valence-electron chi connectivity index (χ4n) is 2.84. The summed E-state index contributed by atoms with van der Waals surface area (Å²) in [5.74, 6) is 0.608. The molecule has 0 saturated heterocycles. The smallest absolute Gasteiger partial charge is 0.258 e. The molecular formula is C22H20N2O3. The highest BCUT2D eigenvalue weighted by Gasteiger charge is 2.12. The summed E-state index contributed by atoms with van der Waals surface area (Å²) in [6, 6.07) is 20.9. The zero-order valence-electron chi connectivity index (χ0n) is 15.2. The summed E-state index contributed by atoms with van der Waals surface area (Å²) >= 11 is 0. The Balaban J connectivity index is 1.62. The van der Waals surface area contributed by atoms with Gasteiger partial charge in [-0.15, -0.1) is 0 Å². The highest BCUT2D eigenvalue weighted by atomic mass is 16.5. The number of fused-ring (bicyclic) bond motifs is 1. The zero-order chi connectivity index (χ0) is 19.2. The molecule has 0 radical (unpaired) electrons. The van der Waals surface area contributed by atoms with Gasteiger partial charge in [-0.05, 0) is 41.5 Å². The monoisotopic (exact) mass is 360 g/mol. The molecular weight excluding hydrogens is 340 g/mol. The number of carbonyl (C=O) groups is 1. The van der Waals surface area contributed by atoms with Crippen molar-refractivity contribution >= 4 is 16.7 Å². The van der Waals surface area contributed by atoms with Crippen LogP contribution in [0.3, 0.4) is 0 Å². The number of hydrogen-bond donors (Lipinski definition) is 1. The predicted octanol–water partition coefficient (Wildman–Crippen LogP) is 3.98. The topological polar surface area (TPSA) is 71.3 Å². The van der Waals surface area contributed by atoms with E-state index in [1.165, 1.54) is 7.11 Å². The van der Waals surface area contributed by atoms with Crippen molar-refractivity contribution in [2.75, 3.05) is 13.7 Å². The molecule has 1 atom stereocenters. The van der Waals surface area contributed by atoms with Crippen molar-refractivity contribution in [3.63, 3.8) is 0 Å². The number of benzene rings is 3. The highest BCUT2D eigenvalue weighted by Crippen LogP contribution is 2.27. The molecule has 0 aliphatic heterocycles. The Morgan fingerprint density at radius 3 is 2.59 bits per heavy atom. The predicted molar refractivity (Wildman–Crippen MR) is 104 cm³/mol. The van der Waals surface area contributed by atoms with Gasteiger partial charge in [-0.25, -0.2) is 0 Å². The summed E-state index contributed by atoms with van der Waals surface area (Å²) in [4.78, 5) is 12.3. The lowest BCUT2D eigenvalue weighted by atomic mass is 10.0. The number of nitrogens with zero attached hydrogens (tertiary/aromatic N) is 1. The van der Waals surface area contributed by atoms with Crippen LogP contribution in [0.5, 0.6) is 11.5 Å². The lowest BCUT2D eigenvalue weighted by Crippen LogP contribution is -2.31. The maximum Gasteiger partial charge on any atom is 0.258 e. The maximum atomic E-state index is 12.3. The summed E-state index contributed by atoms with van der Waals surface area (Å²) < 4.78 is 10.8. The van der Waals surface area contributed by atoms with Crippen LogP contribution < -0.4 is 14.8 Å². The van der Waals surface area contributed by atoms with Crippen molar-refractivity contribution in [3.8, 4) is 17.6 Å². The summed E-state index contributed by atoms with van der Waals surface area (Å²) in [6.45, 7) is 1.80. The van der Waals surface area contributed by atoms with Gasteiger partial charge in [0.2, 0.25) is 0 Å². The Kier molecular flexibility index (Phi) is 5.58. The average Bonchev–Trinajstić information content (AvgIpc) is 2.71. The molecule has 1 N–H and O–H groups in total. The number of hydrogen-bond acceptors (Lipinski definition) is 4. The first-order valence-corrected chi connectivity index (χ1v) is 8.59. The average molecular weight is 360 g/mol. The van der Waals surface area contributed by atoms with Gasteiger partial charge in [-0.3, -0.25) is 4.79 Å². The quantitative estimate of drug-likeness (QED) is 0.722. The van der Waals surface area contributed by atoms with E-state index >= 15 is 0 Å². The molecule has 3 rings (SSSR count). The van der Waals surface area contributed by atoms with Crippen molar-refractivity contribution in [2.24, 2.45) is 0 Å². The van der Waals surface area contributed by atoms with Crippen LogP contribution in [0.2, 0.25) is 0 Å². The third-order valence-corrected chi connectivity index (χ3v) is 4.30. The molecule has 3 aromatic carbocycles. The third kappa shape index (κ3) is 4.36. The van der Waals surface area contributed by atoms with E-state index in [2.05, 4.69) is 17.4 Å². The SMILES string of the molecule is COc1cc(C#N)ccc1OCC(=O)N[C@H](C)c1ccc2ccccc2c1. The van der Waals surface area contributed by atoms with Gasteiger partial charge >= 0.3 is 0 Å². The van der Waals surface area contributed by atoms with Crippen LogP contribution >= 0.6 is 0 Å². The number of nitrogens with one attached hydrogen (secondary N) is 1. The second-order valence-electron chi connectivity index (χ2n) is 6.16. The minimum atomic E-state index is -0.234. The van der Waals surface area contributed by atoms with E-state index in [4.69, 9.17) is 14.7 Å². The Bertz CT molecular complexity index is 1010. The lowest BCUT2D eigenvalue weighted by molar-refractivity contribution is -0.123. The van der Waals surface area contributed by atoms with Crippen molar-refractivity contribution in [2.45, 2.75) is 13.0 Å². The molecule has 0 aliphatic carbocycles. The van der Waals surface area contributed by atoms with Gasteiger partial charge in [0.25, 0.3) is 5.91 Å². The molecule has 0 aliphatic rings. The Labute approximate surface area is 158 Å². The summed E-state index contributed by atoms with van der Waals surface area (Å²) in [5.41, 5.74) is 1.49. The van der Waals surface area contributed by atoms with Crippen molar-refractivity contribution in [1.82, 2.24) is 5.32 Å². The molecule has 136 valence electrons. The summed E-state index contributed by atoms with van der Waals surface area (Å²) in [7, 11) is 1.49. The first-order valence-electron chi connectivity index (χ1n) is 8.59. The summed E-state index contributed by atoms with van der Waals surface area (Å²) in [6.07, 6.45) is 0. The minimum Gasteiger partial charge on any atom is -0.493 e. The number of rotatable bonds is 6. The third-order valence-electron chi connectivity index (χ3n) is 4.30. The molecule has 0 unspecified atom stereocenters. The highest BCUT2D eigenvalue weighted by molar-refractivity contribution is 5.83. The fraction of sp³-hybridized carbons (Fsp3) is 0.182. The van der Waals surface area contributed by atoms with Gasteiger partial charge in [0.15, 0.2) is 18.1 Å². The molecule has 0 saturated carbocycles. The molecule has 1 amide bonds. The van der Waals surface area contributed by atoms with E-state index in [-0.39, 0.29) is 18.6 Å². The van der Waals surface area contributed by atoms with Crippen molar-refractivity contribution in [1.29, 1.82) is 5.26 Å². The standard InChI is InChI=1S/C22H20N2O3/c1-15(18-9-8-17-5-3-4-6-19(17)12-18)24-22(25)14-27-20-10-7-16(13-23)11-21(20)26-2/h3-12,15H,14H2,1-2H3,(H,24,25)/t15-/m1/s1.